The quantitative estimate of drug-likeness (QED) is 0.795. The summed E-state index contributed by atoms with van der Waals surface area (Å²) in [5.74, 6) is 0. The third-order valence-electron chi connectivity index (χ3n) is 2.95. The van der Waals surface area contributed by atoms with E-state index >= 15 is 0 Å². The third kappa shape index (κ3) is 2.37. The zero-order valence-corrected chi connectivity index (χ0v) is 11.4. The average Bonchev–Trinajstić information content (AvgIpc) is 2.81. The number of anilines is 2. The fourth-order valence-electron chi connectivity index (χ4n) is 2.02. The number of hydrogen-bond donors (Lipinski definition) is 1. The van der Waals surface area contributed by atoms with Crippen molar-refractivity contribution in [2.24, 2.45) is 0 Å². The monoisotopic (exact) mass is 270 g/mol. The number of nitrogen functional groups attached to an aromatic ring is 1. The number of thiazole rings is 1. The van der Waals surface area contributed by atoms with Gasteiger partial charge in [0, 0.05) is 13.2 Å². The largest absolute Gasteiger partial charge is 0.396 e. The Hall–Kier alpha value is -2.14. The van der Waals surface area contributed by atoms with Gasteiger partial charge in [-0.25, -0.2) is 4.98 Å². The second kappa shape index (κ2) is 4.85. The van der Waals surface area contributed by atoms with Crippen LogP contribution in [0.25, 0.3) is 10.2 Å². The topological polar surface area (TPSA) is 55.0 Å². The van der Waals surface area contributed by atoms with Crippen LogP contribution in [0.3, 0.4) is 0 Å². The molecule has 0 unspecified atom stereocenters. The molecule has 0 aliphatic rings. The fourth-order valence-corrected chi connectivity index (χ4v) is 3.04. The SMILES string of the molecule is CN(Cc1nc2ccccc2s1)c1ccncc1N. The lowest BCUT2D eigenvalue weighted by atomic mass is 10.3. The van der Waals surface area contributed by atoms with Crippen molar-refractivity contribution >= 4 is 32.9 Å². The van der Waals surface area contributed by atoms with Gasteiger partial charge >= 0.3 is 0 Å². The minimum atomic E-state index is 0.686. The molecule has 0 atom stereocenters. The second-order valence-electron chi connectivity index (χ2n) is 4.37. The van der Waals surface area contributed by atoms with Gasteiger partial charge in [-0.15, -0.1) is 11.3 Å². The molecule has 2 heterocycles. The van der Waals surface area contributed by atoms with Crippen molar-refractivity contribution in [1.82, 2.24) is 9.97 Å². The summed E-state index contributed by atoms with van der Waals surface area (Å²) < 4.78 is 1.22. The van der Waals surface area contributed by atoms with Crippen molar-refractivity contribution in [3.63, 3.8) is 0 Å². The zero-order chi connectivity index (χ0) is 13.2. The average molecular weight is 270 g/mol. The van der Waals surface area contributed by atoms with Crippen molar-refractivity contribution in [2.45, 2.75) is 6.54 Å². The van der Waals surface area contributed by atoms with Crippen molar-refractivity contribution in [3.05, 3.63) is 47.7 Å². The van der Waals surface area contributed by atoms with Crippen LogP contribution in [0.15, 0.2) is 42.7 Å². The number of benzene rings is 1. The lowest BCUT2D eigenvalue weighted by Crippen LogP contribution is -2.17. The first kappa shape index (κ1) is 11.9. The van der Waals surface area contributed by atoms with Crippen molar-refractivity contribution in [1.29, 1.82) is 0 Å². The Bertz CT molecular complexity index is 674. The number of nitrogens with two attached hydrogens (primary N) is 1. The molecule has 3 aromatic rings. The van der Waals surface area contributed by atoms with E-state index in [0.29, 0.717) is 5.69 Å². The van der Waals surface area contributed by atoms with Crippen LogP contribution in [0.5, 0.6) is 0 Å². The summed E-state index contributed by atoms with van der Waals surface area (Å²) >= 11 is 1.72. The number of nitrogens with zero attached hydrogens (tertiary/aromatic N) is 3. The van der Waals surface area contributed by atoms with Crippen LogP contribution in [0.4, 0.5) is 11.4 Å². The fraction of sp³-hybridized carbons (Fsp3) is 0.143. The van der Waals surface area contributed by atoms with E-state index in [9.17, 15) is 0 Å². The second-order valence-corrected chi connectivity index (χ2v) is 5.48. The molecule has 0 bridgehead atoms. The highest BCUT2D eigenvalue weighted by Crippen LogP contribution is 2.26. The third-order valence-corrected chi connectivity index (χ3v) is 3.97. The predicted molar refractivity (Wildman–Crippen MR) is 80.4 cm³/mol. The maximum absolute atomic E-state index is 5.93. The molecule has 0 amide bonds. The summed E-state index contributed by atoms with van der Waals surface area (Å²) in [7, 11) is 2.01. The summed E-state index contributed by atoms with van der Waals surface area (Å²) in [6, 6.07) is 10.1. The molecule has 96 valence electrons. The van der Waals surface area contributed by atoms with Crippen LogP contribution in [-0.2, 0) is 6.54 Å². The summed E-state index contributed by atoms with van der Waals surface area (Å²) in [5, 5.41) is 1.08. The van der Waals surface area contributed by atoms with Crippen LogP contribution < -0.4 is 10.6 Å². The predicted octanol–water partition coefficient (Wildman–Crippen LogP) is 2.91. The van der Waals surface area contributed by atoms with Gasteiger partial charge in [0.1, 0.15) is 5.01 Å². The van der Waals surface area contributed by atoms with Gasteiger partial charge in [0.25, 0.3) is 0 Å². The van der Waals surface area contributed by atoms with Gasteiger partial charge in [-0.1, -0.05) is 12.1 Å². The maximum Gasteiger partial charge on any atom is 0.113 e. The first-order valence-electron chi connectivity index (χ1n) is 5.99. The van der Waals surface area contributed by atoms with E-state index in [4.69, 9.17) is 5.73 Å². The van der Waals surface area contributed by atoms with Crippen molar-refractivity contribution < 1.29 is 0 Å². The molecule has 0 saturated heterocycles. The van der Waals surface area contributed by atoms with Crippen molar-refractivity contribution in [2.75, 3.05) is 17.7 Å². The molecule has 0 spiro atoms. The Balaban J connectivity index is 1.86. The molecule has 0 saturated carbocycles. The molecule has 3 rings (SSSR count). The van der Waals surface area contributed by atoms with Crippen LogP contribution in [0.2, 0.25) is 0 Å². The smallest absolute Gasteiger partial charge is 0.113 e. The number of fused-ring (bicyclic) bond motifs is 1. The number of aromatic nitrogens is 2. The van der Waals surface area contributed by atoms with Gasteiger partial charge in [-0.05, 0) is 18.2 Å². The molecule has 2 aromatic heterocycles. The van der Waals surface area contributed by atoms with E-state index in [-0.39, 0.29) is 0 Å². The van der Waals surface area contributed by atoms with E-state index in [0.717, 1.165) is 22.8 Å². The van der Waals surface area contributed by atoms with E-state index in [1.807, 2.05) is 31.3 Å². The Morgan fingerprint density at radius 3 is 2.89 bits per heavy atom. The molecule has 0 aliphatic carbocycles. The number of para-hydroxylation sites is 1. The first-order chi connectivity index (χ1) is 9.24. The van der Waals surface area contributed by atoms with Crippen LogP contribution in [0, 0.1) is 0 Å². The molecule has 5 heteroatoms. The van der Waals surface area contributed by atoms with E-state index in [1.165, 1.54) is 4.70 Å². The van der Waals surface area contributed by atoms with Gasteiger partial charge in [-0.2, -0.15) is 0 Å². The molecule has 1 aromatic carbocycles. The highest BCUT2D eigenvalue weighted by atomic mass is 32.1. The summed E-state index contributed by atoms with van der Waals surface area (Å²) in [6.45, 7) is 0.744. The molecule has 0 radical (unpaired) electrons. The minimum Gasteiger partial charge on any atom is -0.396 e. The van der Waals surface area contributed by atoms with Crippen LogP contribution in [0.1, 0.15) is 5.01 Å². The molecular formula is C14H14N4S. The lowest BCUT2D eigenvalue weighted by Gasteiger charge is -2.19. The lowest BCUT2D eigenvalue weighted by molar-refractivity contribution is 0.914. The highest BCUT2D eigenvalue weighted by Gasteiger charge is 2.09. The van der Waals surface area contributed by atoms with Gasteiger partial charge < -0.3 is 10.6 Å². The Morgan fingerprint density at radius 1 is 1.26 bits per heavy atom. The Labute approximate surface area is 115 Å². The number of rotatable bonds is 3. The minimum absolute atomic E-state index is 0.686. The normalized spacial score (nSPS) is 10.8. The van der Waals surface area contributed by atoms with E-state index < -0.39 is 0 Å². The van der Waals surface area contributed by atoms with Gasteiger partial charge in [-0.3, -0.25) is 4.98 Å². The van der Waals surface area contributed by atoms with E-state index in [1.54, 1.807) is 23.7 Å². The Morgan fingerprint density at radius 2 is 2.11 bits per heavy atom. The number of hydrogen-bond acceptors (Lipinski definition) is 5. The van der Waals surface area contributed by atoms with E-state index in [2.05, 4.69) is 20.9 Å². The van der Waals surface area contributed by atoms with Gasteiger partial charge in [0.05, 0.1) is 34.3 Å². The summed E-state index contributed by atoms with van der Waals surface area (Å²) in [4.78, 5) is 10.7. The van der Waals surface area contributed by atoms with Crippen LogP contribution in [-0.4, -0.2) is 17.0 Å². The summed E-state index contributed by atoms with van der Waals surface area (Å²) in [5.41, 5.74) is 8.65. The highest BCUT2D eigenvalue weighted by molar-refractivity contribution is 7.18. The zero-order valence-electron chi connectivity index (χ0n) is 10.6. The maximum atomic E-state index is 5.93. The molecule has 2 N–H and O–H groups in total. The Kier molecular flexibility index (Phi) is 3.05. The molecule has 4 nitrogen and oxygen atoms in total. The standard InChI is InChI=1S/C14H14N4S/c1-18(12-6-7-16-8-10(12)15)9-14-17-11-4-2-3-5-13(11)19-14/h2-8H,9,15H2,1H3. The molecule has 0 aliphatic heterocycles. The molecule has 19 heavy (non-hydrogen) atoms. The van der Waals surface area contributed by atoms with Gasteiger partial charge in [0.15, 0.2) is 0 Å². The van der Waals surface area contributed by atoms with Crippen molar-refractivity contribution in [3.8, 4) is 0 Å². The van der Waals surface area contributed by atoms with Crippen LogP contribution >= 0.6 is 11.3 Å². The first-order valence-corrected chi connectivity index (χ1v) is 6.81. The molecular weight excluding hydrogens is 256 g/mol. The van der Waals surface area contributed by atoms with Gasteiger partial charge in [0.2, 0.25) is 0 Å². The number of pyridine rings is 1. The summed E-state index contributed by atoms with van der Waals surface area (Å²) in [6.07, 6.45) is 3.42. The molecule has 0 fully saturated rings.